The Morgan fingerprint density at radius 2 is 1.86 bits per heavy atom. The molecule has 1 aliphatic rings. The second-order valence-electron chi connectivity index (χ2n) is 7.06. The van der Waals surface area contributed by atoms with Crippen molar-refractivity contribution in [2.75, 3.05) is 27.8 Å². The number of hydrogen-bond donors (Lipinski definition) is 0. The molecule has 0 bridgehead atoms. The summed E-state index contributed by atoms with van der Waals surface area (Å²) in [6.07, 6.45) is 0.480. The molecule has 0 radical (unpaired) electrons. The van der Waals surface area contributed by atoms with E-state index in [0.717, 1.165) is 22.4 Å². The maximum Gasteiger partial charge on any atom is 0.328 e. The number of esters is 1. The van der Waals surface area contributed by atoms with Crippen LogP contribution < -0.4 is 4.74 Å². The van der Waals surface area contributed by atoms with Crippen molar-refractivity contribution < 1.29 is 19.1 Å². The Morgan fingerprint density at radius 1 is 1.11 bits per heavy atom. The molecule has 1 heterocycles. The van der Waals surface area contributed by atoms with E-state index in [0.29, 0.717) is 19.5 Å². The number of carbonyl (C=O) groups excluding carboxylic acids is 2. The molecule has 0 aliphatic carbocycles. The minimum atomic E-state index is -0.586. The van der Waals surface area contributed by atoms with Crippen molar-refractivity contribution in [3.05, 3.63) is 65.2 Å². The fourth-order valence-electron chi connectivity index (χ4n) is 3.59. The van der Waals surface area contributed by atoms with Gasteiger partial charge in [-0.05, 0) is 35.9 Å². The molecule has 1 amide bonds. The average Bonchev–Trinajstić information content (AvgIpc) is 2.72. The summed E-state index contributed by atoms with van der Waals surface area (Å²) in [5.41, 5.74) is 3.22. The van der Waals surface area contributed by atoms with Gasteiger partial charge in [-0.3, -0.25) is 9.69 Å². The third-order valence-corrected chi connectivity index (χ3v) is 5.03. The van der Waals surface area contributed by atoms with Gasteiger partial charge in [0.2, 0.25) is 5.91 Å². The van der Waals surface area contributed by atoms with E-state index in [9.17, 15) is 9.59 Å². The van der Waals surface area contributed by atoms with Gasteiger partial charge in [-0.2, -0.15) is 0 Å². The number of hydrogen-bond acceptors (Lipinski definition) is 5. The monoisotopic (exact) mass is 382 g/mol. The van der Waals surface area contributed by atoms with Gasteiger partial charge in [-0.25, -0.2) is 4.79 Å². The highest BCUT2D eigenvalue weighted by Gasteiger charge is 2.35. The molecule has 2 aromatic carbocycles. The van der Waals surface area contributed by atoms with Crippen molar-refractivity contribution in [2.45, 2.75) is 25.6 Å². The van der Waals surface area contributed by atoms with Crippen LogP contribution in [0, 0.1) is 0 Å². The number of likely N-dealkylation sites (N-methyl/N-ethyl adjacent to an activating group) is 1. The summed E-state index contributed by atoms with van der Waals surface area (Å²) >= 11 is 0. The number of benzene rings is 2. The summed E-state index contributed by atoms with van der Waals surface area (Å²) in [5, 5.41) is 0. The van der Waals surface area contributed by atoms with Crippen LogP contribution in [0.2, 0.25) is 0 Å². The van der Waals surface area contributed by atoms with Crippen LogP contribution in [0.4, 0.5) is 0 Å². The molecule has 1 unspecified atom stereocenters. The molecule has 28 heavy (non-hydrogen) atoms. The van der Waals surface area contributed by atoms with Crippen molar-refractivity contribution in [3.8, 4) is 5.75 Å². The Kier molecular flexibility index (Phi) is 6.31. The zero-order valence-electron chi connectivity index (χ0n) is 16.6. The Balaban J connectivity index is 1.71. The second-order valence-corrected chi connectivity index (χ2v) is 7.06. The lowest BCUT2D eigenvalue weighted by Gasteiger charge is -2.36. The van der Waals surface area contributed by atoms with E-state index in [1.165, 1.54) is 7.11 Å². The lowest BCUT2D eigenvalue weighted by atomic mass is 9.94. The SMILES string of the molecule is COC(=O)C1Cc2ccccc2CN1C(=O)CN(C)Cc1cccc(OC)c1. The van der Waals surface area contributed by atoms with Crippen LogP contribution in [0.25, 0.3) is 0 Å². The van der Waals surface area contributed by atoms with Gasteiger partial charge >= 0.3 is 5.97 Å². The van der Waals surface area contributed by atoms with Gasteiger partial charge in [0.15, 0.2) is 0 Å². The highest BCUT2D eigenvalue weighted by Crippen LogP contribution is 2.24. The molecule has 0 N–H and O–H groups in total. The average molecular weight is 382 g/mol. The minimum absolute atomic E-state index is 0.0877. The molecule has 0 fully saturated rings. The summed E-state index contributed by atoms with van der Waals surface area (Å²) in [4.78, 5) is 28.9. The largest absolute Gasteiger partial charge is 0.497 e. The van der Waals surface area contributed by atoms with Crippen molar-refractivity contribution >= 4 is 11.9 Å². The molecule has 0 saturated heterocycles. The van der Waals surface area contributed by atoms with Crippen LogP contribution in [-0.4, -0.2) is 55.5 Å². The first-order valence-electron chi connectivity index (χ1n) is 9.27. The molecule has 0 spiro atoms. The molecule has 1 aliphatic heterocycles. The highest BCUT2D eigenvalue weighted by molar-refractivity contribution is 5.86. The van der Waals surface area contributed by atoms with E-state index >= 15 is 0 Å². The molecule has 2 aromatic rings. The minimum Gasteiger partial charge on any atom is -0.497 e. The van der Waals surface area contributed by atoms with E-state index in [1.807, 2.05) is 60.5 Å². The second kappa shape index (κ2) is 8.89. The first-order valence-corrected chi connectivity index (χ1v) is 9.27. The predicted molar refractivity (Wildman–Crippen MR) is 106 cm³/mol. The van der Waals surface area contributed by atoms with E-state index in [2.05, 4.69) is 0 Å². The number of rotatable bonds is 6. The van der Waals surface area contributed by atoms with Gasteiger partial charge in [-0.1, -0.05) is 36.4 Å². The van der Waals surface area contributed by atoms with E-state index < -0.39 is 6.04 Å². The number of ether oxygens (including phenoxy) is 2. The van der Waals surface area contributed by atoms with Gasteiger partial charge in [0.1, 0.15) is 11.8 Å². The zero-order valence-corrected chi connectivity index (χ0v) is 16.6. The standard InChI is InChI=1S/C22H26N2O4/c1-23(13-16-7-6-10-19(11-16)27-2)15-21(25)24-14-18-9-5-4-8-17(18)12-20(24)22(26)28-3/h4-11,20H,12-15H2,1-3H3. The van der Waals surface area contributed by atoms with Crippen molar-refractivity contribution in [2.24, 2.45) is 0 Å². The van der Waals surface area contributed by atoms with E-state index in [-0.39, 0.29) is 18.4 Å². The van der Waals surface area contributed by atoms with Crippen LogP contribution in [-0.2, 0) is 33.8 Å². The smallest absolute Gasteiger partial charge is 0.328 e. The Bertz CT molecular complexity index is 852. The zero-order chi connectivity index (χ0) is 20.1. The van der Waals surface area contributed by atoms with Crippen LogP contribution >= 0.6 is 0 Å². The highest BCUT2D eigenvalue weighted by atomic mass is 16.5. The topological polar surface area (TPSA) is 59.1 Å². The number of amides is 1. The summed E-state index contributed by atoms with van der Waals surface area (Å²) in [5.74, 6) is 0.323. The number of methoxy groups -OCH3 is 2. The first kappa shape index (κ1) is 19.9. The Hall–Kier alpha value is -2.86. The van der Waals surface area contributed by atoms with Crippen molar-refractivity contribution in [1.82, 2.24) is 9.80 Å². The molecular weight excluding hydrogens is 356 g/mol. The summed E-state index contributed by atoms with van der Waals surface area (Å²) in [7, 11) is 4.89. The van der Waals surface area contributed by atoms with Gasteiger partial charge in [0, 0.05) is 19.5 Å². The van der Waals surface area contributed by atoms with Crippen LogP contribution in [0.15, 0.2) is 48.5 Å². The molecule has 1 atom stereocenters. The van der Waals surface area contributed by atoms with Crippen LogP contribution in [0.3, 0.4) is 0 Å². The maximum absolute atomic E-state index is 13.0. The molecule has 3 rings (SSSR count). The van der Waals surface area contributed by atoms with Gasteiger partial charge in [-0.15, -0.1) is 0 Å². The van der Waals surface area contributed by atoms with Gasteiger partial charge < -0.3 is 14.4 Å². The quantitative estimate of drug-likeness (QED) is 0.718. The summed E-state index contributed by atoms with van der Waals surface area (Å²) in [6.45, 7) is 1.24. The molecule has 6 nitrogen and oxygen atoms in total. The lowest BCUT2D eigenvalue weighted by molar-refractivity contribution is -0.154. The van der Waals surface area contributed by atoms with Crippen LogP contribution in [0.5, 0.6) is 5.75 Å². The third-order valence-electron chi connectivity index (χ3n) is 5.03. The third kappa shape index (κ3) is 4.51. The normalized spacial score (nSPS) is 15.9. The van der Waals surface area contributed by atoms with Crippen molar-refractivity contribution in [3.63, 3.8) is 0 Å². The molecule has 148 valence electrons. The summed E-state index contributed by atoms with van der Waals surface area (Å²) in [6, 6.07) is 15.1. The van der Waals surface area contributed by atoms with E-state index in [4.69, 9.17) is 9.47 Å². The molecule has 0 saturated carbocycles. The number of fused-ring (bicyclic) bond motifs is 1. The first-order chi connectivity index (χ1) is 13.5. The van der Waals surface area contributed by atoms with Gasteiger partial charge in [0.05, 0.1) is 20.8 Å². The Labute approximate surface area is 165 Å². The predicted octanol–water partition coefficient (Wildman–Crippen LogP) is 2.25. The van der Waals surface area contributed by atoms with Gasteiger partial charge in [0.25, 0.3) is 0 Å². The van der Waals surface area contributed by atoms with Crippen LogP contribution in [0.1, 0.15) is 16.7 Å². The molecular formula is C22H26N2O4. The molecule has 6 heteroatoms. The lowest BCUT2D eigenvalue weighted by Crippen LogP contribution is -2.51. The number of nitrogens with zero attached hydrogens (tertiary/aromatic N) is 2. The summed E-state index contributed by atoms with van der Waals surface area (Å²) < 4.78 is 10.2. The Morgan fingerprint density at radius 3 is 2.57 bits per heavy atom. The fourth-order valence-corrected chi connectivity index (χ4v) is 3.59. The maximum atomic E-state index is 13.0. The number of carbonyl (C=O) groups is 2. The fraction of sp³-hybridized carbons (Fsp3) is 0.364. The molecule has 0 aromatic heterocycles. The van der Waals surface area contributed by atoms with Crippen molar-refractivity contribution in [1.29, 1.82) is 0 Å². The van der Waals surface area contributed by atoms with E-state index in [1.54, 1.807) is 12.0 Å².